The highest BCUT2D eigenvalue weighted by atomic mass is 35.5. The quantitative estimate of drug-likeness (QED) is 0.252. The molecule has 4 amide bonds. The number of esters is 1. The molecule has 0 aromatic heterocycles. The molecule has 0 saturated carbocycles. The van der Waals surface area contributed by atoms with Crippen molar-refractivity contribution in [2.24, 2.45) is 0 Å². The number of rotatable bonds is 8. The molecule has 1 saturated heterocycles. The van der Waals surface area contributed by atoms with Gasteiger partial charge in [0.05, 0.1) is 25.0 Å². The molecule has 1 fully saturated rings. The average Bonchev–Trinajstić information content (AvgIpc) is 2.91. The highest BCUT2D eigenvalue weighted by molar-refractivity contribution is 6.39. The molecule has 0 bridgehead atoms. The summed E-state index contributed by atoms with van der Waals surface area (Å²) in [6.45, 7) is 2.18. The Labute approximate surface area is 223 Å². The zero-order chi connectivity index (χ0) is 27.2. The number of nitrogens with one attached hydrogen (secondary N) is 1. The van der Waals surface area contributed by atoms with E-state index in [2.05, 4.69) is 5.32 Å². The normalized spacial score (nSPS) is 14.3. The molecule has 10 heteroatoms. The van der Waals surface area contributed by atoms with Crippen LogP contribution < -0.4 is 19.7 Å². The molecule has 0 aliphatic carbocycles. The minimum Gasteiger partial charge on any atom is -0.493 e. The minimum atomic E-state index is -0.899. The topological polar surface area (TPSA) is 111 Å². The molecule has 1 aliphatic rings. The van der Waals surface area contributed by atoms with E-state index in [0.717, 1.165) is 10.5 Å². The van der Waals surface area contributed by atoms with Gasteiger partial charge in [-0.15, -0.1) is 0 Å². The van der Waals surface area contributed by atoms with Crippen LogP contribution in [-0.2, 0) is 20.9 Å². The molecule has 0 spiro atoms. The van der Waals surface area contributed by atoms with Crippen LogP contribution in [0.5, 0.6) is 11.5 Å². The lowest BCUT2D eigenvalue weighted by molar-refractivity contribution is -0.122. The fraction of sp³-hybridized carbons (Fsp3) is 0.143. The second-order valence-electron chi connectivity index (χ2n) is 8.05. The number of carbonyl (C=O) groups excluding carboxylic acids is 4. The Kier molecular flexibility index (Phi) is 8.08. The SMILES string of the molecule is CCOC(=O)c1ccc(N2C(=O)NC(=O)/C(=C\c3ccc(OCc4ccc(Cl)cc4)c(OC)c3)C2=O)cc1. The molecular formula is C28H23ClN2O7. The van der Waals surface area contributed by atoms with Crippen LogP contribution in [0.4, 0.5) is 10.5 Å². The van der Waals surface area contributed by atoms with E-state index < -0.39 is 23.8 Å². The van der Waals surface area contributed by atoms with Crippen molar-refractivity contribution in [1.82, 2.24) is 5.32 Å². The largest absolute Gasteiger partial charge is 0.493 e. The number of hydrogen-bond donors (Lipinski definition) is 1. The van der Waals surface area contributed by atoms with Crippen molar-refractivity contribution in [2.75, 3.05) is 18.6 Å². The maximum atomic E-state index is 13.2. The smallest absolute Gasteiger partial charge is 0.338 e. The number of nitrogens with zero attached hydrogens (tertiary/aromatic N) is 1. The van der Waals surface area contributed by atoms with Crippen molar-refractivity contribution in [3.05, 3.63) is 94.0 Å². The number of urea groups is 1. The van der Waals surface area contributed by atoms with Gasteiger partial charge >= 0.3 is 12.0 Å². The third-order valence-corrected chi connectivity index (χ3v) is 5.80. The van der Waals surface area contributed by atoms with Crippen LogP contribution >= 0.6 is 11.6 Å². The number of barbiturate groups is 1. The Morgan fingerprint density at radius 3 is 2.34 bits per heavy atom. The van der Waals surface area contributed by atoms with Crippen LogP contribution in [0.1, 0.15) is 28.4 Å². The molecule has 0 radical (unpaired) electrons. The van der Waals surface area contributed by atoms with Gasteiger partial charge in [-0.1, -0.05) is 29.8 Å². The van der Waals surface area contributed by atoms with Gasteiger partial charge in [0, 0.05) is 5.02 Å². The van der Waals surface area contributed by atoms with E-state index in [0.29, 0.717) is 22.1 Å². The monoisotopic (exact) mass is 534 g/mol. The van der Waals surface area contributed by atoms with Gasteiger partial charge in [-0.2, -0.15) is 0 Å². The molecule has 0 atom stereocenters. The molecule has 194 valence electrons. The van der Waals surface area contributed by atoms with Gasteiger partial charge in [0.15, 0.2) is 11.5 Å². The van der Waals surface area contributed by atoms with Crippen LogP contribution in [0.2, 0.25) is 5.02 Å². The molecular weight excluding hydrogens is 512 g/mol. The van der Waals surface area contributed by atoms with E-state index in [1.165, 1.54) is 37.5 Å². The number of carbonyl (C=O) groups is 4. The van der Waals surface area contributed by atoms with Gasteiger partial charge in [0.1, 0.15) is 12.2 Å². The standard InChI is InChI=1S/C28H23ClN2O7/c1-3-37-27(34)19-7-11-21(12-8-19)31-26(33)22(25(32)30-28(31)35)14-18-6-13-23(24(15-18)36-2)38-16-17-4-9-20(29)10-5-17/h4-15H,3,16H2,1-2H3,(H,30,32,35)/b22-14+. The number of halogens is 1. The molecule has 4 rings (SSSR count). The maximum absolute atomic E-state index is 13.2. The highest BCUT2D eigenvalue weighted by Gasteiger charge is 2.37. The molecule has 1 heterocycles. The first-order valence-electron chi connectivity index (χ1n) is 11.5. The Bertz CT molecular complexity index is 1420. The van der Waals surface area contributed by atoms with Crippen molar-refractivity contribution in [3.63, 3.8) is 0 Å². The van der Waals surface area contributed by atoms with E-state index in [1.807, 2.05) is 12.1 Å². The first-order valence-corrected chi connectivity index (χ1v) is 11.9. The van der Waals surface area contributed by atoms with Gasteiger partial charge in [-0.3, -0.25) is 14.9 Å². The Morgan fingerprint density at radius 1 is 0.974 bits per heavy atom. The van der Waals surface area contributed by atoms with Crippen molar-refractivity contribution >= 4 is 47.2 Å². The molecule has 0 unspecified atom stereocenters. The summed E-state index contributed by atoms with van der Waals surface area (Å²) in [5.41, 5.74) is 1.58. The van der Waals surface area contributed by atoms with Gasteiger partial charge in [-0.25, -0.2) is 14.5 Å². The summed E-state index contributed by atoms with van der Waals surface area (Å²) in [4.78, 5) is 51.0. The van der Waals surface area contributed by atoms with Gasteiger partial charge in [0.2, 0.25) is 0 Å². The lowest BCUT2D eigenvalue weighted by atomic mass is 10.1. The number of amides is 4. The number of anilines is 1. The number of ether oxygens (including phenoxy) is 3. The zero-order valence-corrected chi connectivity index (χ0v) is 21.3. The van der Waals surface area contributed by atoms with E-state index in [-0.39, 0.29) is 30.0 Å². The summed E-state index contributed by atoms with van der Waals surface area (Å²) in [6, 6.07) is 17.0. The van der Waals surface area contributed by atoms with E-state index >= 15 is 0 Å². The van der Waals surface area contributed by atoms with E-state index in [4.69, 9.17) is 25.8 Å². The van der Waals surface area contributed by atoms with Crippen LogP contribution in [0, 0.1) is 0 Å². The summed E-state index contributed by atoms with van der Waals surface area (Å²) >= 11 is 5.92. The highest BCUT2D eigenvalue weighted by Crippen LogP contribution is 2.31. The van der Waals surface area contributed by atoms with Crippen LogP contribution in [-0.4, -0.2) is 37.5 Å². The summed E-state index contributed by atoms with van der Waals surface area (Å²) < 4.78 is 16.2. The van der Waals surface area contributed by atoms with Crippen molar-refractivity contribution in [2.45, 2.75) is 13.5 Å². The van der Waals surface area contributed by atoms with E-state index in [1.54, 1.807) is 37.3 Å². The number of methoxy groups -OCH3 is 1. The molecule has 9 nitrogen and oxygen atoms in total. The number of hydrogen-bond acceptors (Lipinski definition) is 7. The van der Waals surface area contributed by atoms with Gasteiger partial charge in [-0.05, 0) is 72.7 Å². The molecule has 1 aliphatic heterocycles. The molecule has 3 aromatic rings. The first kappa shape index (κ1) is 26.4. The summed E-state index contributed by atoms with van der Waals surface area (Å²) in [5.74, 6) is -1.33. The van der Waals surface area contributed by atoms with Crippen LogP contribution in [0.25, 0.3) is 6.08 Å². The zero-order valence-electron chi connectivity index (χ0n) is 20.5. The van der Waals surface area contributed by atoms with E-state index in [9.17, 15) is 19.2 Å². The molecule has 38 heavy (non-hydrogen) atoms. The van der Waals surface area contributed by atoms with Crippen LogP contribution in [0.15, 0.2) is 72.3 Å². The lowest BCUT2D eigenvalue weighted by Crippen LogP contribution is -2.54. The summed E-state index contributed by atoms with van der Waals surface area (Å²) in [5, 5.41) is 2.79. The Hall–Kier alpha value is -4.63. The third-order valence-electron chi connectivity index (χ3n) is 5.54. The van der Waals surface area contributed by atoms with Gasteiger partial charge < -0.3 is 14.2 Å². The number of imide groups is 2. The van der Waals surface area contributed by atoms with Crippen molar-refractivity contribution in [1.29, 1.82) is 0 Å². The molecule has 1 N–H and O–H groups in total. The second-order valence-corrected chi connectivity index (χ2v) is 8.49. The Balaban J connectivity index is 1.56. The molecule has 3 aromatic carbocycles. The Morgan fingerprint density at radius 2 is 1.68 bits per heavy atom. The minimum absolute atomic E-state index is 0.183. The predicted molar refractivity (Wildman–Crippen MR) is 140 cm³/mol. The van der Waals surface area contributed by atoms with Crippen molar-refractivity contribution < 1.29 is 33.4 Å². The summed E-state index contributed by atoms with van der Waals surface area (Å²) in [6.07, 6.45) is 1.36. The fourth-order valence-corrected chi connectivity index (χ4v) is 3.78. The van der Waals surface area contributed by atoms with Crippen molar-refractivity contribution in [3.8, 4) is 11.5 Å². The predicted octanol–water partition coefficient (Wildman–Crippen LogP) is 4.77. The third kappa shape index (κ3) is 5.84. The lowest BCUT2D eigenvalue weighted by Gasteiger charge is -2.26. The first-order chi connectivity index (χ1) is 18.3. The second kappa shape index (κ2) is 11.6. The van der Waals surface area contributed by atoms with Crippen LogP contribution in [0.3, 0.4) is 0 Å². The number of benzene rings is 3. The fourth-order valence-electron chi connectivity index (χ4n) is 3.65. The average molecular weight is 535 g/mol. The summed E-state index contributed by atoms with van der Waals surface area (Å²) in [7, 11) is 1.47. The van der Waals surface area contributed by atoms with Gasteiger partial charge in [0.25, 0.3) is 11.8 Å². The maximum Gasteiger partial charge on any atom is 0.338 e.